The number of benzene rings is 4. The molecule has 5 aromatic rings. The van der Waals surface area contributed by atoms with Crippen molar-refractivity contribution in [1.82, 2.24) is 4.90 Å². The van der Waals surface area contributed by atoms with Crippen molar-refractivity contribution in [2.24, 2.45) is 0 Å². The lowest BCUT2D eigenvalue weighted by molar-refractivity contribution is -0.126. The Kier molecular flexibility index (Phi) is 5.70. The quantitative estimate of drug-likeness (QED) is 0.260. The van der Waals surface area contributed by atoms with Gasteiger partial charge in [-0.3, -0.25) is 14.4 Å². The molecule has 2 aliphatic rings. The zero-order valence-electron chi connectivity index (χ0n) is 23.4. The highest BCUT2D eigenvalue weighted by Gasteiger charge is 2.65. The smallest absolute Gasteiger partial charge is 0.291 e. The number of rotatable bonds is 4. The molecule has 0 fully saturated rings. The Hall–Kier alpha value is -5.04. The van der Waals surface area contributed by atoms with Gasteiger partial charge in [-0.1, -0.05) is 60.2 Å². The molecule has 3 heterocycles. The van der Waals surface area contributed by atoms with Crippen molar-refractivity contribution in [2.75, 3.05) is 4.90 Å². The van der Waals surface area contributed by atoms with Crippen LogP contribution in [0.5, 0.6) is 0 Å². The number of anilines is 1. The fourth-order valence-corrected chi connectivity index (χ4v) is 6.39. The van der Waals surface area contributed by atoms with Gasteiger partial charge in [-0.2, -0.15) is 0 Å². The van der Waals surface area contributed by atoms with Gasteiger partial charge in [0.05, 0.1) is 23.2 Å². The highest BCUT2D eigenvalue weighted by atomic mass is 19.1. The lowest BCUT2D eigenvalue weighted by Gasteiger charge is -2.34. The maximum Gasteiger partial charge on any atom is 0.291 e. The Morgan fingerprint density at radius 1 is 0.786 bits per heavy atom. The minimum absolute atomic E-state index is 0.0227. The van der Waals surface area contributed by atoms with E-state index in [1.54, 1.807) is 41.3 Å². The lowest BCUT2D eigenvalue weighted by Crippen LogP contribution is -2.52. The molecule has 1 unspecified atom stereocenters. The fourth-order valence-electron chi connectivity index (χ4n) is 6.39. The number of carbonyl (C=O) groups excluding carboxylic acids is 2. The van der Waals surface area contributed by atoms with E-state index in [-0.39, 0.29) is 24.4 Å². The van der Waals surface area contributed by atoms with Crippen LogP contribution in [-0.4, -0.2) is 16.7 Å². The van der Waals surface area contributed by atoms with Crippen molar-refractivity contribution in [3.05, 3.63) is 146 Å². The van der Waals surface area contributed by atoms with E-state index >= 15 is 0 Å². The molecule has 42 heavy (non-hydrogen) atoms. The molecular formula is C35H27FN2O4. The zero-order chi connectivity index (χ0) is 29.3. The van der Waals surface area contributed by atoms with Crippen LogP contribution >= 0.6 is 0 Å². The highest BCUT2D eigenvalue weighted by Crippen LogP contribution is 2.53. The molecule has 208 valence electrons. The third-order valence-electron chi connectivity index (χ3n) is 8.53. The molecule has 1 atom stereocenters. The third-order valence-corrected chi connectivity index (χ3v) is 8.53. The number of hydrogen-bond acceptors (Lipinski definition) is 4. The van der Waals surface area contributed by atoms with Crippen LogP contribution in [0.2, 0.25) is 0 Å². The molecule has 2 amide bonds. The van der Waals surface area contributed by atoms with Crippen molar-refractivity contribution >= 4 is 28.5 Å². The molecule has 0 bridgehead atoms. The molecule has 2 aliphatic heterocycles. The Morgan fingerprint density at radius 2 is 1.52 bits per heavy atom. The van der Waals surface area contributed by atoms with E-state index in [9.17, 15) is 18.8 Å². The van der Waals surface area contributed by atoms with Gasteiger partial charge in [0, 0.05) is 12.1 Å². The maximum atomic E-state index is 14.9. The average molecular weight is 559 g/mol. The standard InChI is InChI=1S/C35H27FN2O4/c1-20-7-6-8-24(15-20)18-37-28-10-5-4-9-27(28)35(34(37)41)30-31(39)26-16-21(2)22(3)17-29(26)42-32(30)33(40)38(35)19-23-11-13-25(36)14-12-23/h4-17H,18-19H2,1-3H3. The van der Waals surface area contributed by atoms with Gasteiger partial charge >= 0.3 is 0 Å². The second-order valence-corrected chi connectivity index (χ2v) is 11.2. The molecule has 0 aliphatic carbocycles. The van der Waals surface area contributed by atoms with Crippen molar-refractivity contribution in [2.45, 2.75) is 39.4 Å². The first kappa shape index (κ1) is 25.9. The van der Waals surface area contributed by atoms with Crippen LogP contribution in [0, 0.1) is 26.6 Å². The number of halogens is 1. The Balaban J connectivity index is 1.52. The number of hydrogen-bond donors (Lipinski definition) is 0. The molecule has 0 saturated heterocycles. The van der Waals surface area contributed by atoms with Crippen molar-refractivity contribution in [3.8, 4) is 0 Å². The highest BCUT2D eigenvalue weighted by molar-refractivity contribution is 6.17. The summed E-state index contributed by atoms with van der Waals surface area (Å²) in [6.07, 6.45) is 0. The van der Waals surface area contributed by atoms with Gasteiger partial charge in [0.25, 0.3) is 11.8 Å². The first-order valence-corrected chi connectivity index (χ1v) is 13.8. The molecule has 0 saturated carbocycles. The second kappa shape index (κ2) is 9.24. The predicted octanol–water partition coefficient (Wildman–Crippen LogP) is 6.30. The van der Waals surface area contributed by atoms with Crippen LogP contribution in [0.1, 0.15) is 49.5 Å². The largest absolute Gasteiger partial charge is 0.450 e. The second-order valence-electron chi connectivity index (χ2n) is 11.2. The summed E-state index contributed by atoms with van der Waals surface area (Å²) < 4.78 is 20.0. The van der Waals surface area contributed by atoms with E-state index in [0.29, 0.717) is 27.8 Å². The van der Waals surface area contributed by atoms with Crippen LogP contribution in [0.15, 0.2) is 94.1 Å². The van der Waals surface area contributed by atoms with E-state index in [4.69, 9.17) is 4.42 Å². The van der Waals surface area contributed by atoms with Crippen molar-refractivity contribution in [3.63, 3.8) is 0 Å². The Morgan fingerprint density at radius 3 is 2.29 bits per heavy atom. The summed E-state index contributed by atoms with van der Waals surface area (Å²) in [5.41, 5.74) is 3.71. The van der Waals surface area contributed by atoms with Gasteiger partial charge in [0.2, 0.25) is 5.76 Å². The normalized spacial score (nSPS) is 17.4. The summed E-state index contributed by atoms with van der Waals surface area (Å²) in [6.45, 7) is 6.02. The number of carbonyl (C=O) groups is 2. The van der Waals surface area contributed by atoms with Gasteiger partial charge in [0.1, 0.15) is 11.4 Å². The topological polar surface area (TPSA) is 70.8 Å². The molecule has 0 N–H and O–H groups in total. The van der Waals surface area contributed by atoms with Crippen molar-refractivity contribution in [1.29, 1.82) is 0 Å². The zero-order valence-corrected chi connectivity index (χ0v) is 23.4. The van der Waals surface area contributed by atoms with Gasteiger partial charge in [0.15, 0.2) is 11.0 Å². The lowest BCUT2D eigenvalue weighted by atomic mass is 9.83. The SMILES string of the molecule is Cc1cccc(CN2C(=O)C3(c4ccccc42)c2c(oc4cc(C)c(C)cc4c2=O)C(=O)N3Cc2ccc(F)cc2)c1. The minimum atomic E-state index is -1.76. The van der Waals surface area contributed by atoms with Crippen molar-refractivity contribution < 1.29 is 18.4 Å². The molecule has 1 spiro atoms. The molecule has 4 aromatic carbocycles. The number of para-hydroxylation sites is 1. The van der Waals surface area contributed by atoms with Crippen LogP contribution in [0.3, 0.4) is 0 Å². The van der Waals surface area contributed by atoms with Gasteiger partial charge < -0.3 is 14.2 Å². The van der Waals surface area contributed by atoms with Gasteiger partial charge in [-0.05, 0) is 73.4 Å². The number of aryl methyl sites for hydroxylation is 3. The maximum absolute atomic E-state index is 14.9. The number of fused-ring (bicyclic) bond motifs is 5. The van der Waals surface area contributed by atoms with Gasteiger partial charge in [-0.15, -0.1) is 0 Å². The number of amides is 2. The molecule has 7 heteroatoms. The summed E-state index contributed by atoms with van der Waals surface area (Å²) in [5, 5.41) is 0.315. The van der Waals surface area contributed by atoms with E-state index < -0.39 is 28.6 Å². The van der Waals surface area contributed by atoms with E-state index in [1.807, 2.05) is 57.2 Å². The van der Waals surface area contributed by atoms with Gasteiger partial charge in [-0.25, -0.2) is 4.39 Å². The van der Waals surface area contributed by atoms with Crippen LogP contribution in [0.4, 0.5) is 10.1 Å². The van der Waals surface area contributed by atoms with Crippen LogP contribution < -0.4 is 10.3 Å². The molecule has 0 radical (unpaired) electrons. The summed E-state index contributed by atoms with van der Waals surface area (Å²) in [7, 11) is 0. The molecular weight excluding hydrogens is 531 g/mol. The molecule has 1 aromatic heterocycles. The molecule has 6 nitrogen and oxygen atoms in total. The summed E-state index contributed by atoms with van der Waals surface area (Å²) >= 11 is 0. The summed E-state index contributed by atoms with van der Waals surface area (Å²) in [6, 6.07) is 24.5. The first-order chi connectivity index (χ1) is 20.2. The Labute approximate surface area is 241 Å². The minimum Gasteiger partial charge on any atom is -0.450 e. The Bertz CT molecular complexity index is 2010. The average Bonchev–Trinajstić information content (AvgIpc) is 3.36. The summed E-state index contributed by atoms with van der Waals surface area (Å²) in [4.78, 5) is 46.7. The number of nitrogens with zero attached hydrogens (tertiary/aromatic N) is 2. The first-order valence-electron chi connectivity index (χ1n) is 13.8. The summed E-state index contributed by atoms with van der Waals surface area (Å²) in [5.74, 6) is -1.52. The van der Waals surface area contributed by atoms with Crippen LogP contribution in [0.25, 0.3) is 11.0 Å². The predicted molar refractivity (Wildman–Crippen MR) is 158 cm³/mol. The monoisotopic (exact) mass is 558 g/mol. The van der Waals surface area contributed by atoms with E-state index in [0.717, 1.165) is 22.3 Å². The van der Waals surface area contributed by atoms with E-state index in [2.05, 4.69) is 0 Å². The third kappa shape index (κ3) is 3.59. The fraction of sp³-hybridized carbons (Fsp3) is 0.171. The van der Waals surface area contributed by atoms with E-state index in [1.165, 1.54) is 17.0 Å². The molecule has 7 rings (SSSR count). The van der Waals surface area contributed by atoms with Crippen LogP contribution in [-0.2, 0) is 23.4 Å².